The SMILES string of the molecule is CCCC(C)CC1(C)C(=O)N(C)c2ccccc21. The molecule has 0 fully saturated rings. The van der Waals surface area contributed by atoms with E-state index in [9.17, 15) is 4.79 Å². The third-order valence-electron chi connectivity index (χ3n) is 4.17. The molecule has 1 amide bonds. The number of carbonyl (C=O) groups excluding carboxylic acids is 1. The molecule has 1 heterocycles. The van der Waals surface area contributed by atoms with Gasteiger partial charge in [-0.2, -0.15) is 0 Å². The average Bonchev–Trinajstić information content (AvgIpc) is 2.53. The van der Waals surface area contributed by atoms with Gasteiger partial charge in [-0.05, 0) is 30.9 Å². The molecule has 1 aromatic rings. The van der Waals surface area contributed by atoms with Gasteiger partial charge in [-0.15, -0.1) is 0 Å². The van der Waals surface area contributed by atoms with Crippen LogP contribution < -0.4 is 4.90 Å². The molecule has 0 aliphatic carbocycles. The van der Waals surface area contributed by atoms with E-state index in [1.807, 2.05) is 30.1 Å². The fraction of sp³-hybridized carbons (Fsp3) is 0.562. The molecule has 1 aliphatic heterocycles. The summed E-state index contributed by atoms with van der Waals surface area (Å²) in [6.45, 7) is 6.56. The number of amides is 1. The van der Waals surface area contributed by atoms with Gasteiger partial charge in [-0.25, -0.2) is 0 Å². The average molecular weight is 245 g/mol. The van der Waals surface area contributed by atoms with Crippen LogP contribution in [0, 0.1) is 5.92 Å². The van der Waals surface area contributed by atoms with E-state index in [0.717, 1.165) is 12.1 Å². The number of hydrogen-bond acceptors (Lipinski definition) is 1. The van der Waals surface area contributed by atoms with Crippen molar-refractivity contribution in [1.82, 2.24) is 0 Å². The lowest BCUT2D eigenvalue weighted by molar-refractivity contribution is -0.122. The molecule has 0 N–H and O–H groups in total. The lowest BCUT2D eigenvalue weighted by Gasteiger charge is -2.26. The minimum Gasteiger partial charge on any atom is -0.314 e. The summed E-state index contributed by atoms with van der Waals surface area (Å²) >= 11 is 0. The second kappa shape index (κ2) is 4.75. The quantitative estimate of drug-likeness (QED) is 0.791. The smallest absolute Gasteiger partial charge is 0.237 e. The highest BCUT2D eigenvalue weighted by atomic mass is 16.2. The van der Waals surface area contributed by atoms with Crippen LogP contribution in [0.1, 0.15) is 45.6 Å². The first-order valence-electron chi connectivity index (χ1n) is 6.88. The first-order valence-corrected chi connectivity index (χ1v) is 6.88. The van der Waals surface area contributed by atoms with Gasteiger partial charge in [0.25, 0.3) is 0 Å². The molecule has 0 saturated heterocycles. The Labute approximate surface area is 110 Å². The minimum atomic E-state index is -0.333. The van der Waals surface area contributed by atoms with Gasteiger partial charge in [0.15, 0.2) is 0 Å². The van der Waals surface area contributed by atoms with Gasteiger partial charge in [0, 0.05) is 12.7 Å². The Hall–Kier alpha value is -1.31. The van der Waals surface area contributed by atoms with Crippen molar-refractivity contribution < 1.29 is 4.79 Å². The second-order valence-corrected chi connectivity index (χ2v) is 5.81. The molecule has 2 atom stereocenters. The predicted octanol–water partition coefficient (Wildman–Crippen LogP) is 3.75. The van der Waals surface area contributed by atoms with E-state index in [-0.39, 0.29) is 11.3 Å². The summed E-state index contributed by atoms with van der Waals surface area (Å²) in [6, 6.07) is 8.19. The van der Waals surface area contributed by atoms with Crippen LogP contribution >= 0.6 is 0 Å². The van der Waals surface area contributed by atoms with Crippen molar-refractivity contribution in [3.63, 3.8) is 0 Å². The van der Waals surface area contributed by atoms with Crippen molar-refractivity contribution in [3.8, 4) is 0 Å². The van der Waals surface area contributed by atoms with Crippen molar-refractivity contribution in [2.45, 2.75) is 45.4 Å². The molecule has 98 valence electrons. The Balaban J connectivity index is 2.35. The van der Waals surface area contributed by atoms with E-state index in [1.165, 1.54) is 18.4 Å². The molecule has 1 aromatic carbocycles. The number of para-hydroxylation sites is 1. The maximum atomic E-state index is 12.5. The maximum Gasteiger partial charge on any atom is 0.237 e. The summed E-state index contributed by atoms with van der Waals surface area (Å²) in [5.41, 5.74) is 1.94. The van der Waals surface area contributed by atoms with Crippen LogP contribution in [0.15, 0.2) is 24.3 Å². The minimum absolute atomic E-state index is 0.242. The van der Waals surface area contributed by atoms with E-state index >= 15 is 0 Å². The first kappa shape index (κ1) is 13.1. The monoisotopic (exact) mass is 245 g/mol. The van der Waals surface area contributed by atoms with Gasteiger partial charge in [0.05, 0.1) is 5.41 Å². The molecule has 0 aromatic heterocycles. The summed E-state index contributed by atoms with van der Waals surface area (Å²) in [7, 11) is 1.89. The lowest BCUT2D eigenvalue weighted by atomic mass is 9.76. The molecule has 0 spiro atoms. The first-order chi connectivity index (χ1) is 8.50. The van der Waals surface area contributed by atoms with Crippen LogP contribution in [0.2, 0.25) is 0 Å². The molecular weight excluding hydrogens is 222 g/mol. The summed E-state index contributed by atoms with van der Waals surface area (Å²) in [4.78, 5) is 14.4. The van der Waals surface area contributed by atoms with Crippen LogP contribution in [0.5, 0.6) is 0 Å². The summed E-state index contributed by atoms with van der Waals surface area (Å²) in [6.07, 6.45) is 3.32. The van der Waals surface area contributed by atoms with E-state index in [2.05, 4.69) is 26.8 Å². The largest absolute Gasteiger partial charge is 0.314 e. The molecule has 2 rings (SSSR count). The number of carbonyl (C=O) groups is 1. The molecule has 2 nitrogen and oxygen atoms in total. The zero-order chi connectivity index (χ0) is 13.3. The van der Waals surface area contributed by atoms with Crippen LogP contribution in [0.4, 0.5) is 5.69 Å². The Morgan fingerprint density at radius 1 is 1.33 bits per heavy atom. The fourth-order valence-corrected chi connectivity index (χ4v) is 3.32. The Kier molecular flexibility index (Phi) is 3.47. The predicted molar refractivity (Wildman–Crippen MR) is 75.9 cm³/mol. The molecule has 0 radical (unpaired) electrons. The molecule has 18 heavy (non-hydrogen) atoms. The Morgan fingerprint density at radius 3 is 2.67 bits per heavy atom. The topological polar surface area (TPSA) is 20.3 Å². The molecule has 1 aliphatic rings. The summed E-state index contributed by atoms with van der Waals surface area (Å²) in [5, 5.41) is 0. The van der Waals surface area contributed by atoms with Gasteiger partial charge in [0.1, 0.15) is 0 Å². The lowest BCUT2D eigenvalue weighted by Crippen LogP contribution is -2.37. The third-order valence-corrected chi connectivity index (χ3v) is 4.17. The molecule has 2 unspecified atom stereocenters. The number of nitrogens with zero attached hydrogens (tertiary/aromatic N) is 1. The van der Waals surface area contributed by atoms with Gasteiger partial charge >= 0.3 is 0 Å². The van der Waals surface area contributed by atoms with Crippen molar-refractivity contribution in [2.75, 3.05) is 11.9 Å². The number of hydrogen-bond donors (Lipinski definition) is 0. The van der Waals surface area contributed by atoms with Crippen LogP contribution in [-0.4, -0.2) is 13.0 Å². The van der Waals surface area contributed by atoms with Gasteiger partial charge in [-0.3, -0.25) is 4.79 Å². The van der Waals surface area contributed by atoms with Crippen molar-refractivity contribution in [2.24, 2.45) is 5.92 Å². The van der Waals surface area contributed by atoms with E-state index in [0.29, 0.717) is 5.92 Å². The highest BCUT2D eigenvalue weighted by molar-refractivity contribution is 6.07. The highest BCUT2D eigenvalue weighted by Gasteiger charge is 2.46. The van der Waals surface area contributed by atoms with E-state index in [4.69, 9.17) is 0 Å². The van der Waals surface area contributed by atoms with Crippen LogP contribution in [0.25, 0.3) is 0 Å². The van der Waals surface area contributed by atoms with E-state index < -0.39 is 0 Å². The molecule has 0 saturated carbocycles. The van der Waals surface area contributed by atoms with Crippen LogP contribution in [0.3, 0.4) is 0 Å². The van der Waals surface area contributed by atoms with Crippen LogP contribution in [-0.2, 0) is 10.2 Å². The van der Waals surface area contributed by atoms with Gasteiger partial charge in [0.2, 0.25) is 5.91 Å². The fourth-order valence-electron chi connectivity index (χ4n) is 3.32. The molecule has 0 bridgehead atoms. The number of benzene rings is 1. The second-order valence-electron chi connectivity index (χ2n) is 5.81. The Morgan fingerprint density at radius 2 is 2.00 bits per heavy atom. The zero-order valence-corrected chi connectivity index (χ0v) is 11.9. The van der Waals surface area contributed by atoms with Crippen molar-refractivity contribution >= 4 is 11.6 Å². The summed E-state index contributed by atoms with van der Waals surface area (Å²) < 4.78 is 0. The van der Waals surface area contributed by atoms with E-state index in [1.54, 1.807) is 0 Å². The maximum absolute atomic E-state index is 12.5. The van der Waals surface area contributed by atoms with Gasteiger partial charge in [-0.1, -0.05) is 44.9 Å². The molecular formula is C16H23NO. The summed E-state index contributed by atoms with van der Waals surface area (Å²) in [5.74, 6) is 0.829. The highest BCUT2D eigenvalue weighted by Crippen LogP contribution is 2.44. The third kappa shape index (κ3) is 1.94. The van der Waals surface area contributed by atoms with Gasteiger partial charge < -0.3 is 4.90 Å². The standard InChI is InChI=1S/C16H23NO/c1-5-8-12(2)11-16(3)13-9-6-7-10-14(13)17(4)15(16)18/h6-7,9-10,12H,5,8,11H2,1-4H3. The van der Waals surface area contributed by atoms with Crippen molar-refractivity contribution in [1.29, 1.82) is 0 Å². The van der Waals surface area contributed by atoms with Crippen molar-refractivity contribution in [3.05, 3.63) is 29.8 Å². The normalized spacial score (nSPS) is 24.2. The molecule has 2 heteroatoms. The number of likely N-dealkylation sites (N-methyl/N-ethyl adjacent to an activating group) is 1. The number of rotatable bonds is 4. The number of fused-ring (bicyclic) bond motifs is 1. The zero-order valence-electron chi connectivity index (χ0n) is 11.9. The number of anilines is 1. The Bertz CT molecular complexity index is 454.